The van der Waals surface area contributed by atoms with Crippen LogP contribution in [0.1, 0.15) is 11.1 Å². The highest BCUT2D eigenvalue weighted by molar-refractivity contribution is 5.58. The molecule has 0 N–H and O–H groups in total. The summed E-state index contributed by atoms with van der Waals surface area (Å²) in [6, 6.07) is 11.2. The van der Waals surface area contributed by atoms with Crippen molar-refractivity contribution < 1.29 is 18.9 Å². The second-order valence-corrected chi connectivity index (χ2v) is 4.39. The van der Waals surface area contributed by atoms with Crippen molar-refractivity contribution in [3.8, 4) is 34.8 Å². The maximum atomic E-state index is 5.31. The van der Waals surface area contributed by atoms with Crippen molar-refractivity contribution in [1.82, 2.24) is 0 Å². The van der Waals surface area contributed by atoms with E-state index in [9.17, 15) is 0 Å². The first-order valence-corrected chi connectivity index (χ1v) is 6.68. The van der Waals surface area contributed by atoms with Gasteiger partial charge in [-0.25, -0.2) is 0 Å². The lowest BCUT2D eigenvalue weighted by Crippen LogP contribution is -1.95. The Kier molecular flexibility index (Phi) is 5.16. The first-order valence-electron chi connectivity index (χ1n) is 6.68. The molecule has 0 saturated carbocycles. The van der Waals surface area contributed by atoms with E-state index < -0.39 is 0 Å². The molecule has 0 spiro atoms. The molecule has 0 aliphatic rings. The Bertz CT molecular complexity index is 668. The van der Waals surface area contributed by atoms with Gasteiger partial charge in [-0.15, -0.1) is 0 Å². The smallest absolute Gasteiger partial charge is 0.203 e. The van der Waals surface area contributed by atoms with Gasteiger partial charge >= 0.3 is 0 Å². The average molecular weight is 298 g/mol. The van der Waals surface area contributed by atoms with Gasteiger partial charge in [0.1, 0.15) is 5.75 Å². The molecule has 0 unspecified atom stereocenters. The van der Waals surface area contributed by atoms with Crippen LogP contribution in [-0.4, -0.2) is 28.4 Å². The largest absolute Gasteiger partial charge is 0.497 e. The highest BCUT2D eigenvalue weighted by Gasteiger charge is 2.12. The molecule has 2 aromatic carbocycles. The third-order valence-corrected chi connectivity index (χ3v) is 3.11. The molecule has 0 bridgehead atoms. The predicted octanol–water partition coefficient (Wildman–Crippen LogP) is 3.12. The summed E-state index contributed by atoms with van der Waals surface area (Å²) in [6.45, 7) is 0. The molecular formula is C18H18O4. The van der Waals surface area contributed by atoms with Gasteiger partial charge in [0.05, 0.1) is 28.4 Å². The molecule has 0 heterocycles. The highest BCUT2D eigenvalue weighted by Crippen LogP contribution is 2.37. The lowest BCUT2D eigenvalue weighted by atomic mass is 10.1. The summed E-state index contributed by atoms with van der Waals surface area (Å²) in [5.41, 5.74) is 1.68. The Balaban J connectivity index is 2.35. The number of hydrogen-bond donors (Lipinski definition) is 0. The van der Waals surface area contributed by atoms with Crippen LogP contribution in [0.2, 0.25) is 0 Å². The van der Waals surface area contributed by atoms with Crippen LogP contribution in [-0.2, 0) is 0 Å². The van der Waals surface area contributed by atoms with Crippen molar-refractivity contribution in [2.75, 3.05) is 28.4 Å². The van der Waals surface area contributed by atoms with Gasteiger partial charge in [-0.1, -0.05) is 11.8 Å². The summed E-state index contributed by atoms with van der Waals surface area (Å²) < 4.78 is 21.0. The van der Waals surface area contributed by atoms with E-state index >= 15 is 0 Å². The maximum Gasteiger partial charge on any atom is 0.203 e. The van der Waals surface area contributed by atoms with Crippen molar-refractivity contribution in [2.45, 2.75) is 0 Å². The van der Waals surface area contributed by atoms with E-state index in [0.29, 0.717) is 17.2 Å². The van der Waals surface area contributed by atoms with Crippen molar-refractivity contribution in [3.05, 3.63) is 47.5 Å². The van der Waals surface area contributed by atoms with E-state index in [1.807, 2.05) is 36.4 Å². The van der Waals surface area contributed by atoms with Gasteiger partial charge in [-0.3, -0.25) is 0 Å². The minimum Gasteiger partial charge on any atom is -0.497 e. The summed E-state index contributed by atoms with van der Waals surface area (Å²) >= 11 is 0. The fourth-order valence-electron chi connectivity index (χ4n) is 1.97. The fraction of sp³-hybridized carbons (Fsp3) is 0.222. The molecule has 0 atom stereocenters. The van der Waals surface area contributed by atoms with Crippen LogP contribution in [0.25, 0.3) is 0 Å². The van der Waals surface area contributed by atoms with Gasteiger partial charge in [0, 0.05) is 11.1 Å². The Morgan fingerprint density at radius 3 is 1.64 bits per heavy atom. The van der Waals surface area contributed by atoms with Crippen molar-refractivity contribution in [1.29, 1.82) is 0 Å². The van der Waals surface area contributed by atoms with Crippen molar-refractivity contribution in [3.63, 3.8) is 0 Å². The molecule has 114 valence electrons. The molecule has 0 aliphatic heterocycles. The lowest BCUT2D eigenvalue weighted by molar-refractivity contribution is 0.324. The van der Waals surface area contributed by atoms with Gasteiger partial charge in [0.2, 0.25) is 5.75 Å². The number of ether oxygens (including phenoxy) is 4. The van der Waals surface area contributed by atoms with Crippen LogP contribution in [0.15, 0.2) is 36.4 Å². The van der Waals surface area contributed by atoms with E-state index in [-0.39, 0.29) is 0 Å². The van der Waals surface area contributed by atoms with Crippen LogP contribution >= 0.6 is 0 Å². The molecule has 22 heavy (non-hydrogen) atoms. The Morgan fingerprint density at radius 1 is 0.636 bits per heavy atom. The number of benzene rings is 2. The minimum absolute atomic E-state index is 0.556. The molecule has 0 aliphatic carbocycles. The van der Waals surface area contributed by atoms with Crippen LogP contribution < -0.4 is 18.9 Å². The third-order valence-electron chi connectivity index (χ3n) is 3.11. The van der Waals surface area contributed by atoms with E-state index in [0.717, 1.165) is 16.9 Å². The summed E-state index contributed by atoms with van der Waals surface area (Å²) in [7, 11) is 6.37. The van der Waals surface area contributed by atoms with Gasteiger partial charge in [-0.2, -0.15) is 0 Å². The Labute approximate surface area is 130 Å². The molecule has 0 aromatic heterocycles. The van der Waals surface area contributed by atoms with Gasteiger partial charge in [-0.05, 0) is 36.4 Å². The van der Waals surface area contributed by atoms with Crippen LogP contribution in [0.3, 0.4) is 0 Å². The van der Waals surface area contributed by atoms with Crippen LogP contribution in [0.5, 0.6) is 23.0 Å². The molecular weight excluding hydrogens is 280 g/mol. The molecule has 0 radical (unpaired) electrons. The normalized spacial score (nSPS) is 9.45. The molecule has 0 fully saturated rings. The van der Waals surface area contributed by atoms with Gasteiger partial charge in [0.15, 0.2) is 11.5 Å². The topological polar surface area (TPSA) is 36.9 Å². The van der Waals surface area contributed by atoms with E-state index in [2.05, 4.69) is 11.8 Å². The molecule has 0 amide bonds. The molecule has 2 rings (SSSR count). The highest BCUT2D eigenvalue weighted by atomic mass is 16.5. The molecule has 4 heteroatoms. The Hall–Kier alpha value is -2.80. The Morgan fingerprint density at radius 2 is 1.18 bits per heavy atom. The molecule has 2 aromatic rings. The monoisotopic (exact) mass is 298 g/mol. The second-order valence-electron chi connectivity index (χ2n) is 4.39. The molecule has 0 saturated heterocycles. The van der Waals surface area contributed by atoms with Gasteiger partial charge in [0.25, 0.3) is 0 Å². The van der Waals surface area contributed by atoms with E-state index in [1.54, 1.807) is 28.4 Å². The first-order chi connectivity index (χ1) is 10.7. The summed E-state index contributed by atoms with van der Waals surface area (Å²) in [4.78, 5) is 0. The van der Waals surface area contributed by atoms with Crippen LogP contribution in [0, 0.1) is 11.8 Å². The first kappa shape index (κ1) is 15.6. The van der Waals surface area contributed by atoms with E-state index in [1.165, 1.54) is 0 Å². The number of hydrogen-bond acceptors (Lipinski definition) is 4. The standard InChI is InChI=1S/C18H18O4/c1-19-15-9-7-13(8-10-15)5-6-14-11-16(20-2)18(22-4)17(12-14)21-3/h7-12H,1-4H3. The van der Waals surface area contributed by atoms with Gasteiger partial charge < -0.3 is 18.9 Å². The number of rotatable bonds is 4. The second kappa shape index (κ2) is 7.28. The summed E-state index contributed by atoms with van der Waals surface area (Å²) in [5.74, 6) is 8.72. The summed E-state index contributed by atoms with van der Waals surface area (Å²) in [6.07, 6.45) is 0. The quantitative estimate of drug-likeness (QED) is 0.813. The fourth-order valence-corrected chi connectivity index (χ4v) is 1.97. The SMILES string of the molecule is COc1ccc(C#Cc2cc(OC)c(OC)c(OC)c2)cc1. The number of methoxy groups -OCH3 is 4. The lowest BCUT2D eigenvalue weighted by Gasteiger charge is -2.12. The third kappa shape index (κ3) is 3.44. The molecule has 4 nitrogen and oxygen atoms in total. The average Bonchev–Trinajstić information content (AvgIpc) is 2.59. The van der Waals surface area contributed by atoms with Crippen molar-refractivity contribution in [2.24, 2.45) is 0 Å². The van der Waals surface area contributed by atoms with Crippen LogP contribution in [0.4, 0.5) is 0 Å². The zero-order chi connectivity index (χ0) is 15.9. The van der Waals surface area contributed by atoms with Crippen molar-refractivity contribution >= 4 is 0 Å². The van der Waals surface area contributed by atoms with E-state index in [4.69, 9.17) is 18.9 Å². The minimum atomic E-state index is 0.556. The summed E-state index contributed by atoms with van der Waals surface area (Å²) in [5, 5.41) is 0. The maximum absolute atomic E-state index is 5.31. The predicted molar refractivity (Wildman–Crippen MR) is 85.1 cm³/mol. The zero-order valence-electron chi connectivity index (χ0n) is 13.1. The zero-order valence-corrected chi connectivity index (χ0v) is 13.1.